The van der Waals surface area contributed by atoms with E-state index in [1.165, 1.54) is 0 Å². The van der Waals surface area contributed by atoms with Crippen LogP contribution in [0.4, 0.5) is 18.9 Å². The molecule has 0 aliphatic heterocycles. The lowest BCUT2D eigenvalue weighted by molar-refractivity contribution is -0.213. The number of nitrogens with one attached hydrogen (secondary N) is 1. The highest BCUT2D eigenvalue weighted by atomic mass is 19.4. The Bertz CT molecular complexity index is 418. The number of benzene rings is 1. The Morgan fingerprint density at radius 1 is 1.37 bits per heavy atom. The number of carbonyl (C=O) groups is 1. The third-order valence-corrected chi connectivity index (χ3v) is 2.40. The fourth-order valence-electron chi connectivity index (χ4n) is 1.22. The largest absolute Gasteiger partial charge is 0.414 e. The van der Waals surface area contributed by atoms with E-state index in [-0.39, 0.29) is 0 Å². The normalized spacial score (nSPS) is 13.1. The van der Waals surface area contributed by atoms with Crippen LogP contribution in [0.5, 0.6) is 0 Å². The first-order chi connectivity index (χ1) is 8.82. The second kappa shape index (κ2) is 6.53. The van der Waals surface area contributed by atoms with Crippen LogP contribution in [0.25, 0.3) is 0 Å². The molecular weight excluding hydrogens is 261 g/mol. The first kappa shape index (κ1) is 15.5. The Morgan fingerprint density at radius 2 is 1.95 bits per heavy atom. The molecule has 1 amide bonds. The maximum absolute atomic E-state index is 12.1. The number of halogens is 3. The maximum Gasteiger partial charge on any atom is 0.414 e. The number of carbonyl (C=O) groups excluding carboxylic acids is 1. The quantitative estimate of drug-likeness (QED) is 0.865. The first-order valence-electron chi connectivity index (χ1n) is 5.60. The number of amides is 1. The highest BCUT2D eigenvalue weighted by Gasteiger charge is 2.37. The molecule has 4 nitrogen and oxygen atoms in total. The molecule has 0 aliphatic rings. The molecule has 0 bridgehead atoms. The van der Waals surface area contributed by atoms with E-state index in [9.17, 15) is 18.0 Å². The molecule has 0 heterocycles. The molecule has 0 saturated carbocycles. The van der Waals surface area contributed by atoms with Gasteiger partial charge in [0.15, 0.2) is 6.10 Å². The molecule has 1 atom stereocenters. The smallest absolute Gasteiger partial charge is 0.359 e. The van der Waals surface area contributed by atoms with Gasteiger partial charge in [-0.2, -0.15) is 13.2 Å². The molecule has 0 aromatic heterocycles. The van der Waals surface area contributed by atoms with Crippen molar-refractivity contribution in [2.45, 2.75) is 25.7 Å². The standard InChI is InChI=1S/C12H15F3N2O2/c1-8(12(13,14)15)19-7-11(18)17-10-4-2-9(6-16)3-5-10/h2-5,8H,6-7,16H2,1H3,(H,17,18). The predicted molar refractivity (Wildman–Crippen MR) is 64.4 cm³/mol. The van der Waals surface area contributed by atoms with E-state index in [1.807, 2.05) is 0 Å². The van der Waals surface area contributed by atoms with Crippen LogP contribution in [0.1, 0.15) is 12.5 Å². The molecule has 1 aromatic rings. The van der Waals surface area contributed by atoms with Gasteiger partial charge in [-0.1, -0.05) is 12.1 Å². The number of rotatable bonds is 5. The Hall–Kier alpha value is -1.60. The van der Waals surface area contributed by atoms with E-state index in [0.717, 1.165) is 12.5 Å². The van der Waals surface area contributed by atoms with Crippen LogP contribution in [-0.4, -0.2) is 24.8 Å². The van der Waals surface area contributed by atoms with Crippen molar-refractivity contribution in [3.8, 4) is 0 Å². The molecule has 1 unspecified atom stereocenters. The monoisotopic (exact) mass is 276 g/mol. The van der Waals surface area contributed by atoms with E-state index in [4.69, 9.17) is 5.73 Å². The Labute approximate surface area is 108 Å². The lowest BCUT2D eigenvalue weighted by Crippen LogP contribution is -2.32. The van der Waals surface area contributed by atoms with Crippen LogP contribution in [-0.2, 0) is 16.1 Å². The third kappa shape index (κ3) is 5.27. The summed E-state index contributed by atoms with van der Waals surface area (Å²) >= 11 is 0. The molecule has 3 N–H and O–H groups in total. The molecule has 0 saturated heterocycles. The lowest BCUT2D eigenvalue weighted by atomic mass is 10.2. The molecular formula is C12H15F3N2O2. The Balaban J connectivity index is 2.42. The van der Waals surface area contributed by atoms with Gasteiger partial charge in [0.25, 0.3) is 0 Å². The second-order valence-corrected chi connectivity index (χ2v) is 3.94. The summed E-state index contributed by atoms with van der Waals surface area (Å²) in [7, 11) is 0. The van der Waals surface area contributed by atoms with Crippen molar-refractivity contribution >= 4 is 11.6 Å². The summed E-state index contributed by atoms with van der Waals surface area (Å²) in [6.07, 6.45) is -6.44. The fourth-order valence-corrected chi connectivity index (χ4v) is 1.22. The van der Waals surface area contributed by atoms with Crippen molar-refractivity contribution in [3.63, 3.8) is 0 Å². The highest BCUT2D eigenvalue weighted by Crippen LogP contribution is 2.22. The SMILES string of the molecule is CC(OCC(=O)Nc1ccc(CN)cc1)C(F)(F)F. The summed E-state index contributed by atoms with van der Waals surface area (Å²) in [5.74, 6) is -0.642. The van der Waals surface area contributed by atoms with E-state index >= 15 is 0 Å². The van der Waals surface area contributed by atoms with Crippen molar-refractivity contribution in [1.82, 2.24) is 0 Å². The molecule has 0 radical (unpaired) electrons. The Morgan fingerprint density at radius 3 is 2.42 bits per heavy atom. The zero-order valence-corrected chi connectivity index (χ0v) is 10.3. The number of nitrogens with two attached hydrogens (primary N) is 1. The zero-order valence-electron chi connectivity index (χ0n) is 10.3. The van der Waals surface area contributed by atoms with Gasteiger partial charge >= 0.3 is 6.18 Å². The van der Waals surface area contributed by atoms with Crippen molar-refractivity contribution in [3.05, 3.63) is 29.8 Å². The fraction of sp³-hybridized carbons (Fsp3) is 0.417. The minimum absolute atomic E-state index is 0.375. The van der Waals surface area contributed by atoms with Gasteiger partial charge in [-0.05, 0) is 24.6 Å². The van der Waals surface area contributed by atoms with Gasteiger partial charge < -0.3 is 15.8 Å². The average Bonchev–Trinajstić information content (AvgIpc) is 2.35. The highest BCUT2D eigenvalue weighted by molar-refractivity contribution is 5.91. The molecule has 106 valence electrons. The molecule has 0 aliphatic carbocycles. The van der Waals surface area contributed by atoms with Crippen LogP contribution in [0, 0.1) is 0 Å². The second-order valence-electron chi connectivity index (χ2n) is 3.94. The number of hydrogen-bond acceptors (Lipinski definition) is 3. The molecule has 1 rings (SSSR count). The molecule has 1 aromatic carbocycles. The Kier molecular flexibility index (Phi) is 5.31. The summed E-state index contributed by atoms with van der Waals surface area (Å²) in [5.41, 5.74) is 6.78. The molecule has 0 fully saturated rings. The molecule has 7 heteroatoms. The van der Waals surface area contributed by atoms with Crippen LogP contribution in [0.15, 0.2) is 24.3 Å². The van der Waals surface area contributed by atoms with E-state index in [1.54, 1.807) is 24.3 Å². The third-order valence-electron chi connectivity index (χ3n) is 2.40. The van der Waals surface area contributed by atoms with E-state index in [0.29, 0.717) is 12.2 Å². The van der Waals surface area contributed by atoms with Gasteiger partial charge in [0.05, 0.1) is 0 Å². The summed E-state index contributed by atoms with van der Waals surface area (Å²) in [4.78, 5) is 11.4. The minimum atomic E-state index is -4.47. The summed E-state index contributed by atoms with van der Waals surface area (Å²) in [6.45, 7) is 0.572. The van der Waals surface area contributed by atoms with Gasteiger partial charge in [0, 0.05) is 12.2 Å². The van der Waals surface area contributed by atoms with Crippen molar-refractivity contribution in [2.24, 2.45) is 5.73 Å². The first-order valence-corrected chi connectivity index (χ1v) is 5.60. The number of anilines is 1. The van der Waals surface area contributed by atoms with Crippen LogP contribution < -0.4 is 11.1 Å². The van der Waals surface area contributed by atoms with Gasteiger partial charge in [-0.3, -0.25) is 4.79 Å². The van der Waals surface area contributed by atoms with Crippen molar-refractivity contribution < 1.29 is 22.7 Å². The van der Waals surface area contributed by atoms with Crippen molar-refractivity contribution in [2.75, 3.05) is 11.9 Å². The number of hydrogen-bond donors (Lipinski definition) is 2. The molecule has 19 heavy (non-hydrogen) atoms. The molecule has 0 spiro atoms. The predicted octanol–water partition coefficient (Wildman–Crippen LogP) is 2.05. The van der Waals surface area contributed by atoms with Crippen LogP contribution in [0.2, 0.25) is 0 Å². The summed E-state index contributed by atoms with van der Waals surface area (Å²) in [5, 5.41) is 2.43. The topological polar surface area (TPSA) is 64.3 Å². The van der Waals surface area contributed by atoms with Crippen LogP contribution in [0.3, 0.4) is 0 Å². The number of alkyl halides is 3. The van der Waals surface area contributed by atoms with E-state index in [2.05, 4.69) is 10.1 Å². The van der Waals surface area contributed by atoms with E-state index < -0.39 is 24.8 Å². The van der Waals surface area contributed by atoms with Gasteiger partial charge in [0.2, 0.25) is 5.91 Å². The minimum Gasteiger partial charge on any atom is -0.359 e. The lowest BCUT2D eigenvalue weighted by Gasteiger charge is -2.16. The van der Waals surface area contributed by atoms with Gasteiger partial charge in [-0.15, -0.1) is 0 Å². The summed E-state index contributed by atoms with van der Waals surface area (Å²) in [6, 6.07) is 6.67. The van der Waals surface area contributed by atoms with Crippen molar-refractivity contribution in [1.29, 1.82) is 0 Å². The summed E-state index contributed by atoms with van der Waals surface area (Å²) < 4.78 is 40.9. The van der Waals surface area contributed by atoms with Gasteiger partial charge in [-0.25, -0.2) is 0 Å². The zero-order chi connectivity index (χ0) is 14.5. The van der Waals surface area contributed by atoms with Crippen LogP contribution >= 0.6 is 0 Å². The van der Waals surface area contributed by atoms with Gasteiger partial charge in [0.1, 0.15) is 6.61 Å². The average molecular weight is 276 g/mol. The number of ether oxygens (including phenoxy) is 1. The maximum atomic E-state index is 12.1.